The van der Waals surface area contributed by atoms with E-state index in [1.54, 1.807) is 12.1 Å². The third-order valence-electron chi connectivity index (χ3n) is 4.81. The molecule has 1 fully saturated rings. The summed E-state index contributed by atoms with van der Waals surface area (Å²) in [7, 11) is -3.67. The molecule has 0 aliphatic carbocycles. The van der Waals surface area contributed by atoms with Gasteiger partial charge in [-0.05, 0) is 43.4 Å². The van der Waals surface area contributed by atoms with E-state index in [1.165, 1.54) is 16.1 Å². The Bertz CT molecular complexity index is 689. The second kappa shape index (κ2) is 8.56. The van der Waals surface area contributed by atoms with Gasteiger partial charge in [0.25, 0.3) is 0 Å². The predicted octanol–water partition coefficient (Wildman–Crippen LogP) is 3.18. The van der Waals surface area contributed by atoms with Crippen LogP contribution < -0.4 is 5.32 Å². The van der Waals surface area contributed by atoms with Crippen LogP contribution in [-0.2, 0) is 14.8 Å². The van der Waals surface area contributed by atoms with Gasteiger partial charge in [-0.1, -0.05) is 32.9 Å². The Hall–Kier alpha value is -1.05. The SMILES string of the molecule is CCC(C)NC(=O)C1CSCN1S(=O)(=O)c1ccc(C(C)CC)cc1. The number of sulfonamides is 1. The monoisotopic (exact) mass is 384 g/mol. The van der Waals surface area contributed by atoms with Crippen molar-refractivity contribution >= 4 is 27.7 Å². The van der Waals surface area contributed by atoms with Crippen LogP contribution in [0.2, 0.25) is 0 Å². The molecule has 3 unspecified atom stereocenters. The van der Waals surface area contributed by atoms with Crippen LogP contribution in [0.4, 0.5) is 0 Å². The highest BCUT2D eigenvalue weighted by atomic mass is 32.2. The number of nitrogens with one attached hydrogen (secondary N) is 1. The highest BCUT2D eigenvalue weighted by molar-refractivity contribution is 8.00. The fourth-order valence-corrected chi connectivity index (χ4v) is 5.80. The number of nitrogens with zero attached hydrogens (tertiary/aromatic N) is 1. The second-order valence-electron chi connectivity index (χ2n) is 6.60. The van der Waals surface area contributed by atoms with Crippen molar-refractivity contribution in [3.8, 4) is 0 Å². The third kappa shape index (κ3) is 4.57. The van der Waals surface area contributed by atoms with E-state index >= 15 is 0 Å². The van der Waals surface area contributed by atoms with Crippen molar-refractivity contribution < 1.29 is 13.2 Å². The summed E-state index contributed by atoms with van der Waals surface area (Å²) in [5, 5.41) is 2.90. The lowest BCUT2D eigenvalue weighted by molar-refractivity contribution is -0.124. The van der Waals surface area contributed by atoms with Gasteiger partial charge in [0.2, 0.25) is 15.9 Å². The standard InChI is InChI=1S/C18H28N2O3S2/c1-5-13(3)15-7-9-16(10-8-15)25(22,23)20-12-24-11-17(20)18(21)19-14(4)6-2/h7-10,13-14,17H,5-6,11-12H2,1-4H3,(H,19,21). The van der Waals surface area contributed by atoms with Crippen LogP contribution in [-0.4, -0.2) is 42.3 Å². The molecule has 7 heteroatoms. The number of thioether (sulfide) groups is 1. The second-order valence-corrected chi connectivity index (χ2v) is 9.49. The van der Waals surface area contributed by atoms with Crippen molar-refractivity contribution in [2.24, 2.45) is 0 Å². The molecule has 25 heavy (non-hydrogen) atoms. The molecule has 5 nitrogen and oxygen atoms in total. The van der Waals surface area contributed by atoms with E-state index in [0.717, 1.165) is 18.4 Å². The van der Waals surface area contributed by atoms with Gasteiger partial charge in [0.05, 0.1) is 10.8 Å². The van der Waals surface area contributed by atoms with E-state index in [4.69, 9.17) is 0 Å². The number of hydrogen-bond acceptors (Lipinski definition) is 4. The predicted molar refractivity (Wildman–Crippen MR) is 103 cm³/mol. The molecule has 1 aliphatic heterocycles. The molecule has 1 heterocycles. The molecule has 1 aromatic rings. The number of hydrogen-bond donors (Lipinski definition) is 1. The van der Waals surface area contributed by atoms with Gasteiger partial charge in [0, 0.05) is 11.8 Å². The summed E-state index contributed by atoms with van der Waals surface area (Å²) in [5.41, 5.74) is 1.13. The molecule has 0 bridgehead atoms. The van der Waals surface area contributed by atoms with Gasteiger partial charge < -0.3 is 5.32 Å². The molecule has 140 valence electrons. The van der Waals surface area contributed by atoms with Gasteiger partial charge >= 0.3 is 0 Å². The van der Waals surface area contributed by atoms with Gasteiger partial charge in [-0.15, -0.1) is 11.8 Å². The first-order valence-corrected chi connectivity index (χ1v) is 11.4. The van der Waals surface area contributed by atoms with Crippen molar-refractivity contribution in [1.82, 2.24) is 9.62 Å². The van der Waals surface area contributed by atoms with E-state index in [1.807, 2.05) is 26.0 Å². The highest BCUT2D eigenvalue weighted by Crippen LogP contribution is 2.29. The molecular formula is C18H28N2O3S2. The quantitative estimate of drug-likeness (QED) is 0.784. The third-order valence-corrected chi connectivity index (χ3v) is 7.86. The number of benzene rings is 1. The highest BCUT2D eigenvalue weighted by Gasteiger charge is 2.40. The largest absolute Gasteiger partial charge is 0.352 e. The summed E-state index contributed by atoms with van der Waals surface area (Å²) in [6, 6.07) is 6.46. The maximum atomic E-state index is 13.0. The fourth-order valence-electron chi connectivity index (χ4n) is 2.65. The van der Waals surface area contributed by atoms with Gasteiger partial charge in [0.15, 0.2) is 0 Å². The van der Waals surface area contributed by atoms with E-state index < -0.39 is 16.1 Å². The molecule has 1 aliphatic rings. The molecule has 1 N–H and O–H groups in total. The fraction of sp³-hybridized carbons (Fsp3) is 0.611. The summed E-state index contributed by atoms with van der Waals surface area (Å²) in [4.78, 5) is 12.7. The zero-order valence-electron chi connectivity index (χ0n) is 15.4. The van der Waals surface area contributed by atoms with Gasteiger partial charge in [-0.25, -0.2) is 8.42 Å². The van der Waals surface area contributed by atoms with E-state index in [0.29, 0.717) is 17.5 Å². The Morgan fingerprint density at radius 2 is 1.88 bits per heavy atom. The molecule has 0 aromatic heterocycles. The lowest BCUT2D eigenvalue weighted by Crippen LogP contribution is -2.49. The topological polar surface area (TPSA) is 66.5 Å². The van der Waals surface area contributed by atoms with Crippen LogP contribution in [0.3, 0.4) is 0 Å². The van der Waals surface area contributed by atoms with Crippen LogP contribution in [0.5, 0.6) is 0 Å². The lowest BCUT2D eigenvalue weighted by atomic mass is 9.99. The molecule has 0 saturated carbocycles. The Morgan fingerprint density at radius 3 is 2.44 bits per heavy atom. The van der Waals surface area contributed by atoms with E-state index in [-0.39, 0.29) is 16.8 Å². The normalized spacial score (nSPS) is 21.0. The minimum absolute atomic E-state index is 0.0393. The summed E-state index contributed by atoms with van der Waals surface area (Å²) in [6.45, 7) is 8.14. The maximum absolute atomic E-state index is 13.0. The van der Waals surface area contributed by atoms with E-state index in [9.17, 15) is 13.2 Å². The van der Waals surface area contributed by atoms with Crippen LogP contribution >= 0.6 is 11.8 Å². The first-order valence-electron chi connectivity index (χ1n) is 8.81. The molecule has 1 saturated heterocycles. The number of carbonyl (C=O) groups is 1. The van der Waals surface area contributed by atoms with Crippen molar-refractivity contribution in [3.63, 3.8) is 0 Å². The van der Waals surface area contributed by atoms with Gasteiger partial charge in [-0.3, -0.25) is 4.79 Å². The van der Waals surface area contributed by atoms with Crippen LogP contribution in [0.25, 0.3) is 0 Å². The van der Waals surface area contributed by atoms with Crippen molar-refractivity contribution in [2.75, 3.05) is 11.6 Å². The smallest absolute Gasteiger partial charge is 0.244 e. The summed E-state index contributed by atoms with van der Waals surface area (Å²) < 4.78 is 27.3. The summed E-state index contributed by atoms with van der Waals surface area (Å²) >= 11 is 1.47. The molecule has 0 radical (unpaired) electrons. The number of carbonyl (C=O) groups excluding carboxylic acids is 1. The Labute approximate surface area is 155 Å². The maximum Gasteiger partial charge on any atom is 0.244 e. The lowest BCUT2D eigenvalue weighted by Gasteiger charge is -2.24. The Kier molecular flexibility index (Phi) is 6.93. The number of rotatable bonds is 7. The number of amides is 1. The molecule has 3 atom stereocenters. The minimum Gasteiger partial charge on any atom is -0.352 e. The first-order chi connectivity index (χ1) is 11.8. The Morgan fingerprint density at radius 1 is 1.24 bits per heavy atom. The average Bonchev–Trinajstić information content (AvgIpc) is 3.11. The van der Waals surface area contributed by atoms with Gasteiger partial charge in [0.1, 0.15) is 6.04 Å². The molecule has 1 aromatic carbocycles. The van der Waals surface area contributed by atoms with E-state index in [2.05, 4.69) is 19.2 Å². The molecular weight excluding hydrogens is 356 g/mol. The summed E-state index contributed by atoms with van der Waals surface area (Å²) in [6.07, 6.45) is 1.82. The zero-order chi connectivity index (χ0) is 18.6. The van der Waals surface area contributed by atoms with Crippen LogP contribution in [0, 0.1) is 0 Å². The van der Waals surface area contributed by atoms with Crippen LogP contribution in [0.1, 0.15) is 52.0 Å². The van der Waals surface area contributed by atoms with Crippen molar-refractivity contribution in [2.45, 2.75) is 63.4 Å². The average molecular weight is 385 g/mol. The Balaban J connectivity index is 2.21. The molecule has 2 rings (SSSR count). The van der Waals surface area contributed by atoms with Crippen molar-refractivity contribution in [1.29, 1.82) is 0 Å². The molecule has 1 amide bonds. The first kappa shape index (κ1) is 20.3. The molecule has 0 spiro atoms. The summed E-state index contributed by atoms with van der Waals surface area (Å²) in [5.74, 6) is 0.993. The van der Waals surface area contributed by atoms with Crippen LogP contribution in [0.15, 0.2) is 29.2 Å². The van der Waals surface area contributed by atoms with Gasteiger partial charge in [-0.2, -0.15) is 4.31 Å². The zero-order valence-corrected chi connectivity index (χ0v) is 17.0. The minimum atomic E-state index is -3.67. The van der Waals surface area contributed by atoms with Crippen molar-refractivity contribution in [3.05, 3.63) is 29.8 Å².